The van der Waals surface area contributed by atoms with Gasteiger partial charge >= 0.3 is 0 Å². The minimum Gasteiger partial charge on any atom is -0.310 e. The number of rotatable bonds is 7. The van der Waals surface area contributed by atoms with E-state index in [9.17, 15) is 0 Å². The largest absolute Gasteiger partial charge is 0.310 e. The fourth-order valence-corrected chi connectivity index (χ4v) is 2.36. The smallest absolute Gasteiger partial charge is 0.0963 e. The van der Waals surface area contributed by atoms with E-state index in [1.54, 1.807) is 0 Å². The van der Waals surface area contributed by atoms with Crippen LogP contribution in [0.15, 0.2) is 23.4 Å². The summed E-state index contributed by atoms with van der Waals surface area (Å²) in [5.74, 6) is 1.84. The third kappa shape index (κ3) is 5.55. The van der Waals surface area contributed by atoms with E-state index in [1.807, 2.05) is 18.0 Å². The Bertz CT molecular complexity index is 326. The first kappa shape index (κ1) is 14.5. The first-order chi connectivity index (χ1) is 8.13. The van der Waals surface area contributed by atoms with Gasteiger partial charge in [-0.05, 0) is 43.5 Å². The van der Waals surface area contributed by atoms with Gasteiger partial charge in [0.25, 0.3) is 0 Å². The van der Waals surface area contributed by atoms with Gasteiger partial charge in [0, 0.05) is 18.0 Å². The summed E-state index contributed by atoms with van der Waals surface area (Å²) in [5, 5.41) is 4.64. The Morgan fingerprint density at radius 1 is 1.35 bits per heavy atom. The van der Waals surface area contributed by atoms with Crippen LogP contribution in [0.5, 0.6) is 0 Å². The molecule has 0 aromatic carbocycles. The SMILES string of the molecule is CCCNC(C)c1ccnc(SCC(C)C)c1. The number of pyridine rings is 1. The van der Waals surface area contributed by atoms with Crippen LogP contribution in [0, 0.1) is 5.92 Å². The van der Waals surface area contributed by atoms with Gasteiger partial charge in [0.2, 0.25) is 0 Å². The van der Waals surface area contributed by atoms with E-state index >= 15 is 0 Å². The average molecular weight is 252 g/mol. The summed E-state index contributed by atoms with van der Waals surface area (Å²) in [6, 6.07) is 4.73. The minimum absolute atomic E-state index is 0.413. The molecule has 0 aliphatic carbocycles. The van der Waals surface area contributed by atoms with Crippen molar-refractivity contribution in [2.24, 2.45) is 5.92 Å². The molecule has 1 unspecified atom stereocenters. The molecule has 2 nitrogen and oxygen atoms in total. The van der Waals surface area contributed by atoms with Gasteiger partial charge in [0.05, 0.1) is 5.03 Å². The highest BCUT2D eigenvalue weighted by atomic mass is 32.2. The number of thioether (sulfide) groups is 1. The zero-order valence-electron chi connectivity index (χ0n) is 11.4. The average Bonchev–Trinajstić information content (AvgIpc) is 2.33. The monoisotopic (exact) mass is 252 g/mol. The van der Waals surface area contributed by atoms with Crippen molar-refractivity contribution in [1.82, 2.24) is 10.3 Å². The van der Waals surface area contributed by atoms with E-state index in [-0.39, 0.29) is 0 Å². The van der Waals surface area contributed by atoms with Gasteiger partial charge in [0.15, 0.2) is 0 Å². The van der Waals surface area contributed by atoms with Crippen molar-refractivity contribution in [3.05, 3.63) is 23.9 Å². The Balaban J connectivity index is 2.58. The number of nitrogens with one attached hydrogen (secondary N) is 1. The summed E-state index contributed by atoms with van der Waals surface area (Å²) < 4.78 is 0. The molecule has 0 bridgehead atoms. The van der Waals surface area contributed by atoms with E-state index in [2.05, 4.69) is 50.1 Å². The van der Waals surface area contributed by atoms with Crippen LogP contribution >= 0.6 is 11.8 Å². The molecule has 1 atom stereocenters. The van der Waals surface area contributed by atoms with Crippen molar-refractivity contribution in [3.63, 3.8) is 0 Å². The molecule has 0 amide bonds. The summed E-state index contributed by atoms with van der Waals surface area (Å²) in [7, 11) is 0. The Kier molecular flexibility index (Phi) is 6.60. The van der Waals surface area contributed by atoms with E-state index in [4.69, 9.17) is 0 Å². The fraction of sp³-hybridized carbons (Fsp3) is 0.643. The molecule has 0 aliphatic heterocycles. The molecule has 0 radical (unpaired) electrons. The van der Waals surface area contributed by atoms with Crippen LogP contribution in [0.1, 0.15) is 45.7 Å². The van der Waals surface area contributed by atoms with Crippen LogP contribution in [0.3, 0.4) is 0 Å². The second-order valence-corrected chi connectivity index (χ2v) is 5.85. The molecule has 3 heteroatoms. The molecule has 0 saturated heterocycles. The standard InChI is InChI=1S/C14H24N2S/c1-5-7-15-12(4)13-6-8-16-14(9-13)17-10-11(2)3/h6,8-9,11-12,15H,5,7,10H2,1-4H3. The van der Waals surface area contributed by atoms with Gasteiger partial charge in [0.1, 0.15) is 0 Å². The van der Waals surface area contributed by atoms with Crippen LogP contribution < -0.4 is 5.32 Å². The summed E-state index contributed by atoms with van der Waals surface area (Å²) in [5.41, 5.74) is 1.33. The topological polar surface area (TPSA) is 24.9 Å². The maximum Gasteiger partial charge on any atom is 0.0963 e. The third-order valence-electron chi connectivity index (χ3n) is 2.52. The van der Waals surface area contributed by atoms with Gasteiger partial charge in [-0.25, -0.2) is 4.98 Å². The lowest BCUT2D eigenvalue weighted by molar-refractivity contribution is 0.569. The predicted molar refractivity (Wildman–Crippen MR) is 76.5 cm³/mol. The number of aromatic nitrogens is 1. The molecule has 1 aromatic heterocycles. The summed E-state index contributed by atoms with van der Waals surface area (Å²) in [4.78, 5) is 4.41. The zero-order chi connectivity index (χ0) is 12.7. The van der Waals surface area contributed by atoms with E-state index < -0.39 is 0 Å². The quantitative estimate of drug-likeness (QED) is 0.745. The normalized spacial score (nSPS) is 13.0. The molecule has 1 heterocycles. The number of hydrogen-bond acceptors (Lipinski definition) is 3. The second-order valence-electron chi connectivity index (χ2n) is 4.81. The third-order valence-corrected chi connectivity index (χ3v) is 3.88. The maximum absolute atomic E-state index is 4.41. The van der Waals surface area contributed by atoms with Crippen LogP contribution in [0.25, 0.3) is 0 Å². The Hall–Kier alpha value is -0.540. The van der Waals surface area contributed by atoms with E-state index in [1.165, 1.54) is 12.0 Å². The number of hydrogen-bond donors (Lipinski definition) is 1. The summed E-state index contributed by atoms with van der Waals surface area (Å²) in [6.07, 6.45) is 3.09. The lowest BCUT2D eigenvalue weighted by Gasteiger charge is -2.14. The molecule has 0 spiro atoms. The second kappa shape index (κ2) is 7.72. The molecular formula is C14H24N2S. The summed E-state index contributed by atoms with van der Waals surface area (Å²) in [6.45, 7) is 9.95. The van der Waals surface area contributed by atoms with Gasteiger partial charge in [-0.3, -0.25) is 0 Å². The van der Waals surface area contributed by atoms with Crippen LogP contribution in [0.4, 0.5) is 0 Å². The van der Waals surface area contributed by atoms with Crippen LogP contribution in [0.2, 0.25) is 0 Å². The molecule has 17 heavy (non-hydrogen) atoms. The first-order valence-corrected chi connectivity index (χ1v) is 7.44. The van der Waals surface area contributed by atoms with Gasteiger partial charge in [-0.1, -0.05) is 20.8 Å². The van der Waals surface area contributed by atoms with Gasteiger partial charge in [-0.15, -0.1) is 11.8 Å². The fourth-order valence-electron chi connectivity index (χ4n) is 1.50. The molecule has 0 saturated carbocycles. The Labute approximate surface area is 110 Å². The highest BCUT2D eigenvalue weighted by Crippen LogP contribution is 2.21. The minimum atomic E-state index is 0.413. The molecule has 0 fully saturated rings. The van der Waals surface area contributed by atoms with Crippen molar-refractivity contribution < 1.29 is 0 Å². The van der Waals surface area contributed by atoms with Crippen molar-refractivity contribution >= 4 is 11.8 Å². The molecule has 1 rings (SSSR count). The van der Waals surface area contributed by atoms with Crippen molar-refractivity contribution in [1.29, 1.82) is 0 Å². The lowest BCUT2D eigenvalue weighted by atomic mass is 10.1. The highest BCUT2D eigenvalue weighted by molar-refractivity contribution is 7.99. The predicted octanol–water partition coefficient (Wildman–Crippen LogP) is 3.89. The van der Waals surface area contributed by atoms with Gasteiger partial charge < -0.3 is 5.32 Å². The number of nitrogens with zero attached hydrogens (tertiary/aromatic N) is 1. The molecular weight excluding hydrogens is 228 g/mol. The zero-order valence-corrected chi connectivity index (χ0v) is 12.2. The van der Waals surface area contributed by atoms with Crippen molar-refractivity contribution in [3.8, 4) is 0 Å². The highest BCUT2D eigenvalue weighted by Gasteiger charge is 2.06. The molecule has 1 aromatic rings. The molecule has 1 N–H and O–H groups in total. The Morgan fingerprint density at radius 2 is 2.12 bits per heavy atom. The van der Waals surface area contributed by atoms with Crippen molar-refractivity contribution in [2.45, 2.75) is 45.2 Å². The van der Waals surface area contributed by atoms with E-state index in [0.29, 0.717) is 12.0 Å². The molecule has 0 aliphatic rings. The van der Waals surface area contributed by atoms with Gasteiger partial charge in [-0.2, -0.15) is 0 Å². The van der Waals surface area contributed by atoms with Crippen LogP contribution in [-0.2, 0) is 0 Å². The molecule has 96 valence electrons. The first-order valence-electron chi connectivity index (χ1n) is 6.45. The van der Waals surface area contributed by atoms with Crippen LogP contribution in [-0.4, -0.2) is 17.3 Å². The van der Waals surface area contributed by atoms with Crippen molar-refractivity contribution in [2.75, 3.05) is 12.3 Å². The lowest BCUT2D eigenvalue weighted by Crippen LogP contribution is -2.19. The van der Waals surface area contributed by atoms with E-state index in [0.717, 1.165) is 17.3 Å². The summed E-state index contributed by atoms with van der Waals surface area (Å²) >= 11 is 1.85. The Morgan fingerprint density at radius 3 is 2.76 bits per heavy atom. The maximum atomic E-state index is 4.41.